The highest BCUT2D eigenvalue weighted by Crippen LogP contribution is 2.35. The third-order valence-corrected chi connectivity index (χ3v) is 4.06. The molecule has 0 saturated heterocycles. The zero-order valence-electron chi connectivity index (χ0n) is 14.4. The predicted molar refractivity (Wildman–Crippen MR) is 95.9 cm³/mol. The van der Waals surface area contributed by atoms with Gasteiger partial charge in [-0.3, -0.25) is 14.9 Å². The molecule has 3 rings (SSSR count). The number of hydrogen-bond donors (Lipinski definition) is 2. The minimum absolute atomic E-state index is 0.0314. The van der Waals surface area contributed by atoms with Gasteiger partial charge in [-0.15, -0.1) is 0 Å². The van der Waals surface area contributed by atoms with E-state index >= 15 is 0 Å². The van der Waals surface area contributed by atoms with Crippen molar-refractivity contribution in [3.63, 3.8) is 0 Å². The number of carbonyl (C=O) groups excluding carboxylic acids is 2. The summed E-state index contributed by atoms with van der Waals surface area (Å²) < 4.78 is 5.01. The number of amides is 1. The highest BCUT2D eigenvalue weighted by molar-refractivity contribution is 5.91. The number of rotatable bonds is 6. The van der Waals surface area contributed by atoms with Gasteiger partial charge in [0.1, 0.15) is 6.54 Å². The molecule has 1 atom stereocenters. The lowest BCUT2D eigenvalue weighted by molar-refractivity contribution is -0.384. The Bertz CT molecular complexity index is 945. The van der Waals surface area contributed by atoms with Crippen LogP contribution >= 0.6 is 0 Å². The maximum absolute atomic E-state index is 12.4. The number of carbonyl (C=O) groups is 3. The lowest BCUT2D eigenvalue weighted by atomic mass is 10.1. The summed E-state index contributed by atoms with van der Waals surface area (Å²) in [6.45, 7) is -0.572. The number of nitrogens with one attached hydrogen (secondary N) is 1. The Balaban J connectivity index is 1.78. The fourth-order valence-electron chi connectivity index (χ4n) is 2.81. The SMILES string of the molecule is O=C(CN1CC(=O)Oc2cc([N+](=O)[O-])ccc21)NC(C(=O)O)c1ccccc1. The normalized spacial score (nSPS) is 13.9. The summed E-state index contributed by atoms with van der Waals surface area (Å²) in [4.78, 5) is 47.3. The minimum atomic E-state index is -1.25. The zero-order chi connectivity index (χ0) is 20.3. The van der Waals surface area contributed by atoms with Crippen molar-refractivity contribution in [3.05, 3.63) is 64.2 Å². The van der Waals surface area contributed by atoms with E-state index in [-0.39, 0.29) is 24.5 Å². The molecule has 0 saturated carbocycles. The van der Waals surface area contributed by atoms with Crippen molar-refractivity contribution in [2.75, 3.05) is 18.0 Å². The highest BCUT2D eigenvalue weighted by Gasteiger charge is 2.29. The minimum Gasteiger partial charge on any atom is -0.479 e. The average molecular weight is 385 g/mol. The number of aliphatic carboxylic acids is 1. The van der Waals surface area contributed by atoms with Crippen molar-refractivity contribution in [2.45, 2.75) is 6.04 Å². The van der Waals surface area contributed by atoms with Gasteiger partial charge in [0.25, 0.3) is 5.69 Å². The van der Waals surface area contributed by atoms with Crippen LogP contribution in [0.2, 0.25) is 0 Å². The molecule has 0 aromatic heterocycles. The quantitative estimate of drug-likeness (QED) is 0.328. The number of anilines is 1. The van der Waals surface area contributed by atoms with Gasteiger partial charge >= 0.3 is 11.9 Å². The summed E-state index contributed by atoms with van der Waals surface area (Å²) in [7, 11) is 0. The number of carboxylic acids is 1. The van der Waals surface area contributed by atoms with E-state index in [1.807, 2.05) is 0 Å². The van der Waals surface area contributed by atoms with Gasteiger partial charge in [-0.05, 0) is 11.6 Å². The molecule has 10 nitrogen and oxygen atoms in total. The van der Waals surface area contributed by atoms with Crippen LogP contribution in [-0.4, -0.2) is 41.0 Å². The maximum Gasteiger partial charge on any atom is 0.331 e. The number of carboxylic acid groups (broad SMARTS) is 1. The van der Waals surface area contributed by atoms with E-state index in [0.717, 1.165) is 6.07 Å². The van der Waals surface area contributed by atoms with Gasteiger partial charge in [0.15, 0.2) is 11.8 Å². The van der Waals surface area contributed by atoms with E-state index in [2.05, 4.69) is 5.32 Å². The number of nitro benzene ring substituents is 1. The summed E-state index contributed by atoms with van der Waals surface area (Å²) in [5.41, 5.74) is 0.470. The summed E-state index contributed by atoms with van der Waals surface area (Å²) in [6, 6.07) is 10.6. The molecule has 0 aliphatic carbocycles. The molecule has 1 aliphatic rings. The molecule has 0 bridgehead atoms. The van der Waals surface area contributed by atoms with Gasteiger partial charge in [-0.2, -0.15) is 0 Å². The van der Waals surface area contributed by atoms with Crippen molar-refractivity contribution in [1.29, 1.82) is 0 Å². The second-order valence-corrected chi connectivity index (χ2v) is 5.99. The molecule has 0 fully saturated rings. The van der Waals surface area contributed by atoms with Crippen LogP contribution in [0.3, 0.4) is 0 Å². The third-order valence-electron chi connectivity index (χ3n) is 4.06. The molecule has 2 aromatic rings. The zero-order valence-corrected chi connectivity index (χ0v) is 14.4. The summed E-state index contributed by atoms with van der Waals surface area (Å²) in [6.07, 6.45) is 0. The molecular weight excluding hydrogens is 370 g/mol. The van der Waals surface area contributed by atoms with Crippen LogP contribution < -0.4 is 15.0 Å². The Labute approximate surface area is 158 Å². The van der Waals surface area contributed by atoms with Gasteiger partial charge in [0.2, 0.25) is 5.91 Å². The molecule has 0 spiro atoms. The van der Waals surface area contributed by atoms with Crippen LogP contribution in [0.1, 0.15) is 11.6 Å². The average Bonchev–Trinajstić information content (AvgIpc) is 2.65. The summed E-state index contributed by atoms with van der Waals surface area (Å²) in [5.74, 6) is -2.57. The number of benzene rings is 2. The van der Waals surface area contributed by atoms with E-state index < -0.39 is 28.8 Å². The van der Waals surface area contributed by atoms with Crippen LogP contribution in [0.15, 0.2) is 48.5 Å². The Morgan fingerprint density at radius 1 is 1.25 bits per heavy atom. The van der Waals surface area contributed by atoms with Gasteiger partial charge in [0.05, 0.1) is 23.2 Å². The molecule has 2 N–H and O–H groups in total. The first-order chi connectivity index (χ1) is 13.3. The number of fused-ring (bicyclic) bond motifs is 1. The molecule has 0 radical (unpaired) electrons. The smallest absolute Gasteiger partial charge is 0.331 e. The Morgan fingerprint density at radius 2 is 1.96 bits per heavy atom. The van der Waals surface area contributed by atoms with Crippen molar-refractivity contribution in [2.24, 2.45) is 0 Å². The first-order valence-corrected chi connectivity index (χ1v) is 8.16. The van der Waals surface area contributed by atoms with Crippen LogP contribution in [0.4, 0.5) is 11.4 Å². The number of esters is 1. The topological polar surface area (TPSA) is 139 Å². The number of non-ortho nitro benzene ring substituents is 1. The van der Waals surface area contributed by atoms with Crippen molar-refractivity contribution < 1.29 is 29.2 Å². The lowest BCUT2D eigenvalue weighted by Gasteiger charge is -2.29. The molecule has 144 valence electrons. The molecular formula is C18H15N3O7. The number of hydrogen-bond acceptors (Lipinski definition) is 7. The van der Waals surface area contributed by atoms with Gasteiger partial charge < -0.3 is 20.1 Å². The van der Waals surface area contributed by atoms with E-state index in [1.165, 1.54) is 17.0 Å². The lowest BCUT2D eigenvalue weighted by Crippen LogP contribution is -2.45. The van der Waals surface area contributed by atoms with Crippen molar-refractivity contribution in [1.82, 2.24) is 5.32 Å². The fourth-order valence-corrected chi connectivity index (χ4v) is 2.81. The van der Waals surface area contributed by atoms with E-state index in [1.54, 1.807) is 30.3 Å². The van der Waals surface area contributed by atoms with Crippen molar-refractivity contribution >= 4 is 29.2 Å². The number of ether oxygens (including phenoxy) is 1. The Morgan fingerprint density at radius 3 is 2.61 bits per heavy atom. The second kappa shape index (κ2) is 7.74. The summed E-state index contributed by atoms with van der Waals surface area (Å²) in [5, 5.41) is 22.7. The second-order valence-electron chi connectivity index (χ2n) is 5.99. The summed E-state index contributed by atoms with van der Waals surface area (Å²) >= 11 is 0. The standard InChI is InChI=1S/C18H15N3O7/c22-15(19-17(18(24)25)11-4-2-1-3-5-11)9-20-10-16(23)28-14-8-12(21(26)27)6-7-13(14)20/h1-8,17H,9-10H2,(H,19,22)(H,24,25). The molecule has 1 aliphatic heterocycles. The van der Waals surface area contributed by atoms with E-state index in [4.69, 9.17) is 4.74 Å². The first kappa shape index (κ1) is 18.8. The van der Waals surface area contributed by atoms with Crippen LogP contribution in [0, 0.1) is 10.1 Å². The maximum atomic E-state index is 12.4. The van der Waals surface area contributed by atoms with Crippen LogP contribution in [-0.2, 0) is 14.4 Å². The number of nitrogens with zero attached hydrogens (tertiary/aromatic N) is 2. The van der Waals surface area contributed by atoms with E-state index in [0.29, 0.717) is 11.3 Å². The van der Waals surface area contributed by atoms with Gasteiger partial charge in [-0.1, -0.05) is 30.3 Å². The third kappa shape index (κ3) is 4.06. The van der Waals surface area contributed by atoms with Gasteiger partial charge in [-0.25, -0.2) is 9.59 Å². The highest BCUT2D eigenvalue weighted by atomic mass is 16.6. The number of nitro groups is 1. The monoisotopic (exact) mass is 385 g/mol. The predicted octanol–water partition coefficient (Wildman–Crippen LogP) is 1.26. The molecule has 1 heterocycles. The van der Waals surface area contributed by atoms with Gasteiger partial charge in [0, 0.05) is 6.07 Å². The molecule has 1 amide bonds. The van der Waals surface area contributed by atoms with Crippen LogP contribution in [0.25, 0.3) is 0 Å². The largest absolute Gasteiger partial charge is 0.479 e. The molecule has 10 heteroatoms. The fraction of sp³-hybridized carbons (Fsp3) is 0.167. The van der Waals surface area contributed by atoms with Crippen molar-refractivity contribution in [3.8, 4) is 5.75 Å². The van der Waals surface area contributed by atoms with Crippen LogP contribution in [0.5, 0.6) is 5.75 Å². The first-order valence-electron chi connectivity index (χ1n) is 8.16. The Kier molecular flexibility index (Phi) is 5.21. The van der Waals surface area contributed by atoms with E-state index in [9.17, 15) is 29.6 Å². The molecule has 2 aromatic carbocycles. The molecule has 28 heavy (non-hydrogen) atoms. The Hall–Kier alpha value is -3.95. The molecule has 1 unspecified atom stereocenters.